The molecule has 6 nitrogen and oxygen atoms in total. The van der Waals surface area contributed by atoms with Crippen molar-refractivity contribution < 1.29 is 9.59 Å². The Balaban J connectivity index is 2.35. The predicted octanol–water partition coefficient (Wildman–Crippen LogP) is 1.86. The van der Waals surface area contributed by atoms with Crippen molar-refractivity contribution in [1.82, 2.24) is 20.9 Å². The second kappa shape index (κ2) is 9.46. The van der Waals surface area contributed by atoms with Crippen LogP contribution in [0.15, 0.2) is 11.1 Å². The summed E-state index contributed by atoms with van der Waals surface area (Å²) in [6, 6.07) is 0. The predicted molar refractivity (Wildman–Crippen MR) is 108 cm³/mol. The normalized spacial score (nSPS) is 23.4. The smallest absolute Gasteiger partial charge is 0.256 e. The van der Waals surface area contributed by atoms with Crippen molar-refractivity contribution in [2.75, 3.05) is 26.2 Å². The van der Waals surface area contributed by atoms with Gasteiger partial charge in [0.25, 0.3) is 11.8 Å². The fourth-order valence-corrected chi connectivity index (χ4v) is 4.44. The molecule has 7 heteroatoms. The molecule has 1 atom stereocenters. The fourth-order valence-electron chi connectivity index (χ4n) is 4.03. The van der Waals surface area contributed by atoms with Crippen molar-refractivity contribution in [1.29, 1.82) is 0 Å². The van der Waals surface area contributed by atoms with Crippen molar-refractivity contribution in [3.05, 3.63) is 11.1 Å². The van der Waals surface area contributed by atoms with Crippen LogP contribution in [-0.4, -0.2) is 53.5 Å². The van der Waals surface area contributed by atoms with Crippen LogP contribution in [0.25, 0.3) is 0 Å². The second-order valence-electron chi connectivity index (χ2n) is 7.14. The van der Waals surface area contributed by atoms with E-state index in [4.69, 9.17) is 12.2 Å². The highest BCUT2D eigenvalue weighted by Crippen LogP contribution is 2.36. The Labute approximate surface area is 162 Å². The molecule has 146 valence electrons. The molecule has 26 heavy (non-hydrogen) atoms. The molecule has 2 rings (SSSR count). The number of nitrogens with one attached hydrogen (secondary N) is 3. The standard InChI is InChI=1S/C19H32N4O2S/c1-4-6-7-8-9-10-19(15-14(3)16(24)22-17(15)25)13-20-11-12-23(19)18(26)21-5-2/h20H,4-13H2,1-3H3,(H,21,26)(H,22,24,25). The summed E-state index contributed by atoms with van der Waals surface area (Å²) in [5.74, 6) is -0.552. The van der Waals surface area contributed by atoms with Gasteiger partial charge in [-0.05, 0) is 32.5 Å². The van der Waals surface area contributed by atoms with Gasteiger partial charge in [0.15, 0.2) is 5.11 Å². The van der Waals surface area contributed by atoms with Crippen LogP contribution in [0.1, 0.15) is 59.3 Å². The Kier molecular flexibility index (Phi) is 7.58. The summed E-state index contributed by atoms with van der Waals surface area (Å²) in [7, 11) is 0. The van der Waals surface area contributed by atoms with Crippen LogP contribution in [0.5, 0.6) is 0 Å². The zero-order chi connectivity index (χ0) is 19.2. The SMILES string of the molecule is CCCCCCCC1(C2=C(C)C(=O)NC2=O)CNCCN1C(=S)NCC. The molecule has 2 aliphatic heterocycles. The van der Waals surface area contributed by atoms with E-state index in [1.54, 1.807) is 6.92 Å². The van der Waals surface area contributed by atoms with Crippen LogP contribution < -0.4 is 16.0 Å². The van der Waals surface area contributed by atoms with Gasteiger partial charge in [0.05, 0.1) is 11.1 Å². The Morgan fingerprint density at radius 2 is 1.92 bits per heavy atom. The Hall–Kier alpha value is -1.47. The maximum absolute atomic E-state index is 12.7. The molecule has 3 N–H and O–H groups in total. The third-order valence-corrected chi connectivity index (χ3v) is 5.71. The number of piperazine rings is 1. The van der Waals surface area contributed by atoms with Crippen LogP contribution in [0, 0.1) is 0 Å². The third kappa shape index (κ3) is 4.26. The number of carbonyl (C=O) groups excluding carboxylic acids is 2. The van der Waals surface area contributed by atoms with E-state index in [-0.39, 0.29) is 11.8 Å². The molecule has 0 spiro atoms. The first-order valence-electron chi connectivity index (χ1n) is 9.81. The lowest BCUT2D eigenvalue weighted by Crippen LogP contribution is -2.66. The summed E-state index contributed by atoms with van der Waals surface area (Å²) < 4.78 is 0. The Morgan fingerprint density at radius 3 is 2.54 bits per heavy atom. The number of carbonyl (C=O) groups is 2. The molecule has 0 aromatic carbocycles. The van der Waals surface area contributed by atoms with Crippen LogP contribution in [0.4, 0.5) is 0 Å². The monoisotopic (exact) mass is 380 g/mol. The summed E-state index contributed by atoms with van der Waals surface area (Å²) in [6.07, 6.45) is 6.56. The number of thiocarbonyl (C=S) groups is 1. The van der Waals surface area contributed by atoms with E-state index in [2.05, 4.69) is 27.8 Å². The van der Waals surface area contributed by atoms with E-state index in [9.17, 15) is 9.59 Å². The quantitative estimate of drug-likeness (QED) is 0.339. The molecule has 0 radical (unpaired) electrons. The van der Waals surface area contributed by atoms with Gasteiger partial charge in [0, 0.05) is 31.8 Å². The number of hydrogen-bond donors (Lipinski definition) is 3. The zero-order valence-electron chi connectivity index (χ0n) is 16.2. The molecule has 0 aromatic rings. The fraction of sp³-hybridized carbons (Fsp3) is 0.737. The second-order valence-corrected chi connectivity index (χ2v) is 7.53. The third-order valence-electron chi connectivity index (χ3n) is 5.35. The summed E-state index contributed by atoms with van der Waals surface area (Å²) in [5, 5.41) is 9.80. The van der Waals surface area contributed by atoms with Gasteiger partial charge < -0.3 is 15.5 Å². The summed E-state index contributed by atoms with van der Waals surface area (Å²) in [6.45, 7) is 8.85. The minimum Gasteiger partial charge on any atom is -0.363 e. The maximum Gasteiger partial charge on any atom is 0.256 e. The summed E-state index contributed by atoms with van der Waals surface area (Å²) in [4.78, 5) is 26.9. The van der Waals surface area contributed by atoms with Crippen molar-refractivity contribution in [3.63, 3.8) is 0 Å². The molecule has 2 aliphatic rings. The lowest BCUT2D eigenvalue weighted by Gasteiger charge is -2.49. The minimum atomic E-state index is -0.565. The summed E-state index contributed by atoms with van der Waals surface area (Å²) in [5.41, 5.74) is 0.548. The number of amides is 2. The summed E-state index contributed by atoms with van der Waals surface area (Å²) >= 11 is 5.63. The van der Waals surface area contributed by atoms with E-state index >= 15 is 0 Å². The van der Waals surface area contributed by atoms with Crippen molar-refractivity contribution in [2.24, 2.45) is 0 Å². The van der Waals surface area contributed by atoms with E-state index in [1.807, 2.05) is 6.92 Å². The van der Waals surface area contributed by atoms with Crippen molar-refractivity contribution >= 4 is 29.1 Å². The maximum atomic E-state index is 12.7. The van der Waals surface area contributed by atoms with Crippen LogP contribution in [0.3, 0.4) is 0 Å². The van der Waals surface area contributed by atoms with Gasteiger partial charge in [-0.15, -0.1) is 0 Å². The highest BCUT2D eigenvalue weighted by Gasteiger charge is 2.49. The van der Waals surface area contributed by atoms with E-state index in [1.165, 1.54) is 19.3 Å². The highest BCUT2D eigenvalue weighted by molar-refractivity contribution is 7.80. The molecule has 0 saturated carbocycles. The van der Waals surface area contributed by atoms with Crippen LogP contribution in [-0.2, 0) is 9.59 Å². The molecule has 2 heterocycles. The van der Waals surface area contributed by atoms with Crippen molar-refractivity contribution in [2.45, 2.75) is 64.8 Å². The number of nitrogens with zero attached hydrogens (tertiary/aromatic N) is 1. The molecular formula is C19H32N4O2S. The minimum absolute atomic E-state index is 0.269. The van der Waals surface area contributed by atoms with Crippen LogP contribution >= 0.6 is 12.2 Å². The molecule has 1 fully saturated rings. The first-order chi connectivity index (χ1) is 12.5. The number of hydrogen-bond acceptors (Lipinski definition) is 4. The highest BCUT2D eigenvalue weighted by atomic mass is 32.1. The van der Waals surface area contributed by atoms with E-state index < -0.39 is 5.54 Å². The van der Waals surface area contributed by atoms with E-state index in [0.29, 0.717) is 22.8 Å². The largest absolute Gasteiger partial charge is 0.363 e. The average Bonchev–Trinajstić information content (AvgIpc) is 2.87. The average molecular weight is 381 g/mol. The Bertz CT molecular complexity index is 590. The number of unbranched alkanes of at least 4 members (excludes halogenated alkanes) is 4. The van der Waals surface area contributed by atoms with Gasteiger partial charge in [-0.1, -0.05) is 39.0 Å². The first kappa shape index (κ1) is 20.8. The van der Waals surface area contributed by atoms with Gasteiger partial charge in [-0.3, -0.25) is 14.9 Å². The van der Waals surface area contributed by atoms with Gasteiger partial charge in [-0.25, -0.2) is 0 Å². The van der Waals surface area contributed by atoms with Gasteiger partial charge in [0.2, 0.25) is 0 Å². The first-order valence-corrected chi connectivity index (χ1v) is 10.2. The zero-order valence-corrected chi connectivity index (χ0v) is 17.1. The molecule has 0 aliphatic carbocycles. The topological polar surface area (TPSA) is 73.5 Å². The molecule has 0 aromatic heterocycles. The van der Waals surface area contributed by atoms with Gasteiger partial charge in [0.1, 0.15) is 0 Å². The lowest BCUT2D eigenvalue weighted by atomic mass is 9.79. The van der Waals surface area contributed by atoms with Crippen LogP contribution in [0.2, 0.25) is 0 Å². The number of imide groups is 1. The van der Waals surface area contributed by atoms with Gasteiger partial charge in [-0.2, -0.15) is 0 Å². The van der Waals surface area contributed by atoms with Crippen molar-refractivity contribution in [3.8, 4) is 0 Å². The molecule has 2 amide bonds. The molecule has 0 bridgehead atoms. The van der Waals surface area contributed by atoms with Gasteiger partial charge >= 0.3 is 0 Å². The molecular weight excluding hydrogens is 348 g/mol. The molecule has 1 unspecified atom stereocenters. The Morgan fingerprint density at radius 1 is 1.19 bits per heavy atom. The lowest BCUT2D eigenvalue weighted by molar-refractivity contribution is -0.124. The number of rotatable bonds is 8. The van der Waals surface area contributed by atoms with E-state index in [0.717, 1.165) is 38.9 Å². The molecule has 1 saturated heterocycles.